The van der Waals surface area contributed by atoms with E-state index in [1.807, 2.05) is 30.3 Å². The van der Waals surface area contributed by atoms with Crippen LogP contribution in [0.3, 0.4) is 0 Å². The van der Waals surface area contributed by atoms with Gasteiger partial charge in [0.25, 0.3) is 0 Å². The number of carboxylic acid groups (broad SMARTS) is 1. The Labute approximate surface area is 135 Å². The summed E-state index contributed by atoms with van der Waals surface area (Å²) in [6.45, 7) is 0. The second-order valence-corrected chi connectivity index (χ2v) is 6.51. The number of carbonyl (C=O) groups is 1. The highest BCUT2D eigenvalue weighted by molar-refractivity contribution is 9.10. The Morgan fingerprint density at radius 1 is 1.15 bits per heavy atom. The first-order chi connectivity index (χ1) is 9.56. The topological polar surface area (TPSA) is 37.3 Å². The number of halogens is 2. The molecule has 2 rings (SSSR count). The van der Waals surface area contributed by atoms with Crippen LogP contribution in [0.5, 0.6) is 0 Å². The van der Waals surface area contributed by atoms with Crippen LogP contribution in [0.2, 0.25) is 5.02 Å². The summed E-state index contributed by atoms with van der Waals surface area (Å²) in [6, 6.07) is 12.9. The summed E-state index contributed by atoms with van der Waals surface area (Å²) in [4.78, 5) is 10.9. The van der Waals surface area contributed by atoms with E-state index in [0.29, 0.717) is 5.56 Å². The third-order valence-electron chi connectivity index (χ3n) is 2.74. The number of hydrogen-bond donors (Lipinski definition) is 1. The molecule has 2 aromatic rings. The molecular formula is C15H12BrClO2S. The maximum atomic E-state index is 10.9. The third kappa shape index (κ3) is 4.27. The molecule has 2 nitrogen and oxygen atoms in total. The number of carboxylic acids is 1. The van der Waals surface area contributed by atoms with Crippen molar-refractivity contribution < 1.29 is 9.90 Å². The van der Waals surface area contributed by atoms with E-state index in [0.717, 1.165) is 26.6 Å². The summed E-state index contributed by atoms with van der Waals surface area (Å²) in [6.07, 6.45) is 0. The van der Waals surface area contributed by atoms with Gasteiger partial charge in [0, 0.05) is 21.0 Å². The van der Waals surface area contributed by atoms with E-state index in [9.17, 15) is 4.79 Å². The van der Waals surface area contributed by atoms with Crippen LogP contribution in [-0.2, 0) is 11.5 Å². The fraction of sp³-hybridized carbons (Fsp3) is 0.133. The van der Waals surface area contributed by atoms with Gasteiger partial charge in [-0.1, -0.05) is 45.7 Å². The lowest BCUT2D eigenvalue weighted by atomic mass is 10.1. The van der Waals surface area contributed by atoms with E-state index >= 15 is 0 Å². The van der Waals surface area contributed by atoms with Crippen molar-refractivity contribution in [3.05, 3.63) is 68.7 Å². The lowest BCUT2D eigenvalue weighted by molar-refractivity contribution is 0.0697. The summed E-state index contributed by atoms with van der Waals surface area (Å²) in [5, 5.41) is 9.65. The standard InChI is InChI=1S/C15H12BrClO2S/c16-14-7-11(15(18)19)3-4-12(14)9-20-8-10-1-5-13(17)6-2-10/h1-7H,8-9H2,(H,18,19). The van der Waals surface area contributed by atoms with Gasteiger partial charge >= 0.3 is 5.97 Å². The average molecular weight is 372 g/mol. The second kappa shape index (κ2) is 7.16. The summed E-state index contributed by atoms with van der Waals surface area (Å²) in [7, 11) is 0. The predicted molar refractivity (Wildman–Crippen MR) is 87.6 cm³/mol. The van der Waals surface area contributed by atoms with Gasteiger partial charge in [-0.15, -0.1) is 0 Å². The molecule has 0 amide bonds. The molecule has 0 bridgehead atoms. The predicted octanol–water partition coefficient (Wildman–Crippen LogP) is 5.23. The van der Waals surface area contributed by atoms with Crippen LogP contribution in [0.25, 0.3) is 0 Å². The molecule has 0 atom stereocenters. The number of rotatable bonds is 5. The van der Waals surface area contributed by atoms with Gasteiger partial charge in [0.1, 0.15) is 0 Å². The number of benzene rings is 2. The summed E-state index contributed by atoms with van der Waals surface area (Å²) in [5.41, 5.74) is 2.61. The fourth-order valence-electron chi connectivity index (χ4n) is 1.66. The Morgan fingerprint density at radius 3 is 2.45 bits per heavy atom. The maximum absolute atomic E-state index is 10.9. The van der Waals surface area contributed by atoms with Crippen LogP contribution >= 0.6 is 39.3 Å². The Hall–Kier alpha value is -0.970. The molecule has 2 aromatic carbocycles. The lowest BCUT2D eigenvalue weighted by Crippen LogP contribution is -1.97. The van der Waals surface area contributed by atoms with Crippen molar-refractivity contribution in [1.29, 1.82) is 0 Å². The van der Waals surface area contributed by atoms with Crippen molar-refractivity contribution in [2.45, 2.75) is 11.5 Å². The van der Waals surface area contributed by atoms with Crippen LogP contribution in [0.15, 0.2) is 46.9 Å². The molecule has 0 aliphatic heterocycles. The highest BCUT2D eigenvalue weighted by Crippen LogP contribution is 2.25. The van der Waals surface area contributed by atoms with Gasteiger partial charge in [0.15, 0.2) is 0 Å². The van der Waals surface area contributed by atoms with Crippen molar-refractivity contribution in [3.8, 4) is 0 Å². The molecule has 0 unspecified atom stereocenters. The van der Waals surface area contributed by atoms with Gasteiger partial charge in [-0.3, -0.25) is 0 Å². The van der Waals surface area contributed by atoms with E-state index in [1.54, 1.807) is 23.9 Å². The molecule has 0 spiro atoms. The van der Waals surface area contributed by atoms with Gasteiger partial charge in [0.05, 0.1) is 5.56 Å². The van der Waals surface area contributed by atoms with Gasteiger partial charge in [-0.2, -0.15) is 11.8 Å². The van der Waals surface area contributed by atoms with Crippen molar-refractivity contribution >= 4 is 45.3 Å². The van der Waals surface area contributed by atoms with E-state index in [-0.39, 0.29) is 0 Å². The summed E-state index contributed by atoms with van der Waals surface area (Å²) < 4.78 is 0.834. The normalized spacial score (nSPS) is 10.5. The Morgan fingerprint density at radius 2 is 1.85 bits per heavy atom. The molecule has 0 fully saturated rings. The quantitative estimate of drug-likeness (QED) is 0.781. The SMILES string of the molecule is O=C(O)c1ccc(CSCc2ccc(Cl)cc2)c(Br)c1. The van der Waals surface area contributed by atoms with Crippen molar-refractivity contribution in [1.82, 2.24) is 0 Å². The lowest BCUT2D eigenvalue weighted by Gasteiger charge is -2.06. The van der Waals surface area contributed by atoms with Crippen molar-refractivity contribution in [2.75, 3.05) is 0 Å². The first kappa shape index (κ1) is 15.4. The minimum Gasteiger partial charge on any atom is -0.478 e. The molecule has 104 valence electrons. The Bertz CT molecular complexity index is 614. The highest BCUT2D eigenvalue weighted by atomic mass is 79.9. The largest absolute Gasteiger partial charge is 0.478 e. The first-order valence-electron chi connectivity index (χ1n) is 5.90. The Kier molecular flexibility index (Phi) is 5.52. The van der Waals surface area contributed by atoms with E-state index in [1.165, 1.54) is 5.56 Å². The van der Waals surface area contributed by atoms with Crippen molar-refractivity contribution in [3.63, 3.8) is 0 Å². The third-order valence-corrected chi connectivity index (χ3v) is 4.78. The monoisotopic (exact) mass is 370 g/mol. The van der Waals surface area contributed by atoms with Gasteiger partial charge in [-0.05, 0) is 35.4 Å². The summed E-state index contributed by atoms with van der Waals surface area (Å²) >= 11 is 11.0. The molecule has 1 N–H and O–H groups in total. The maximum Gasteiger partial charge on any atom is 0.335 e. The molecule has 0 heterocycles. The van der Waals surface area contributed by atoms with E-state index in [4.69, 9.17) is 16.7 Å². The zero-order chi connectivity index (χ0) is 14.5. The molecule has 5 heteroatoms. The van der Waals surface area contributed by atoms with Crippen LogP contribution in [-0.4, -0.2) is 11.1 Å². The molecule has 0 saturated carbocycles. The van der Waals surface area contributed by atoms with Crippen LogP contribution in [0.1, 0.15) is 21.5 Å². The highest BCUT2D eigenvalue weighted by Gasteiger charge is 2.06. The molecule has 0 aliphatic carbocycles. The molecule has 0 aromatic heterocycles. The average Bonchev–Trinajstić information content (AvgIpc) is 2.42. The summed E-state index contributed by atoms with van der Waals surface area (Å²) in [5.74, 6) is 0.805. The fourth-order valence-corrected chi connectivity index (χ4v) is 3.49. The minimum atomic E-state index is -0.911. The smallest absolute Gasteiger partial charge is 0.335 e. The molecule has 0 radical (unpaired) electrons. The van der Waals surface area contributed by atoms with Crippen LogP contribution < -0.4 is 0 Å². The van der Waals surface area contributed by atoms with Crippen LogP contribution in [0, 0.1) is 0 Å². The number of aromatic carboxylic acids is 1. The second-order valence-electron chi connectivity index (χ2n) is 4.23. The minimum absolute atomic E-state index is 0.295. The zero-order valence-corrected chi connectivity index (χ0v) is 13.6. The molecular weight excluding hydrogens is 360 g/mol. The van der Waals surface area contributed by atoms with Gasteiger partial charge < -0.3 is 5.11 Å². The number of hydrogen-bond acceptors (Lipinski definition) is 2. The molecule has 20 heavy (non-hydrogen) atoms. The van der Waals surface area contributed by atoms with Gasteiger partial charge in [0.2, 0.25) is 0 Å². The Balaban J connectivity index is 1.94. The first-order valence-corrected chi connectivity index (χ1v) is 8.23. The van der Waals surface area contributed by atoms with Crippen LogP contribution in [0.4, 0.5) is 0 Å². The molecule has 0 aliphatic rings. The zero-order valence-electron chi connectivity index (χ0n) is 10.5. The van der Waals surface area contributed by atoms with Gasteiger partial charge in [-0.25, -0.2) is 4.79 Å². The number of thioether (sulfide) groups is 1. The van der Waals surface area contributed by atoms with E-state index < -0.39 is 5.97 Å². The molecule has 0 saturated heterocycles. The van der Waals surface area contributed by atoms with Crippen molar-refractivity contribution in [2.24, 2.45) is 0 Å². The van der Waals surface area contributed by atoms with E-state index in [2.05, 4.69) is 15.9 Å².